The summed E-state index contributed by atoms with van der Waals surface area (Å²) in [6, 6.07) is 3.34. The van der Waals surface area contributed by atoms with E-state index in [-0.39, 0.29) is 31.8 Å². The van der Waals surface area contributed by atoms with E-state index in [1.54, 1.807) is 35.4 Å². The van der Waals surface area contributed by atoms with E-state index < -0.39 is 5.92 Å². The predicted molar refractivity (Wildman–Crippen MR) is 76.5 cm³/mol. The van der Waals surface area contributed by atoms with E-state index in [0.29, 0.717) is 17.0 Å². The smallest absolute Gasteiger partial charge is 0.256 e. The molecular formula is C15H16F2N4O. The standard InChI is InChI=1S/C15H16F2N4O/c1-20-10-18-9-12(20)13-11(3-2-6-19-13)14(22)21-7-4-15(16,17)5-8-21/h2-3,6,9-10H,4-5,7-8H2,1H3. The van der Waals surface area contributed by atoms with Gasteiger partial charge in [0.2, 0.25) is 0 Å². The van der Waals surface area contributed by atoms with Crippen LogP contribution in [0.3, 0.4) is 0 Å². The van der Waals surface area contributed by atoms with Crippen molar-refractivity contribution >= 4 is 5.91 Å². The van der Waals surface area contributed by atoms with Crippen LogP contribution in [0, 0.1) is 0 Å². The van der Waals surface area contributed by atoms with Crippen molar-refractivity contribution in [3.8, 4) is 11.4 Å². The molecule has 1 saturated heterocycles. The molecule has 7 heteroatoms. The van der Waals surface area contributed by atoms with E-state index in [1.165, 1.54) is 4.90 Å². The number of aromatic nitrogens is 3. The fraction of sp³-hybridized carbons (Fsp3) is 0.400. The van der Waals surface area contributed by atoms with E-state index in [2.05, 4.69) is 9.97 Å². The van der Waals surface area contributed by atoms with E-state index in [4.69, 9.17) is 0 Å². The van der Waals surface area contributed by atoms with Gasteiger partial charge in [0.05, 0.1) is 23.8 Å². The van der Waals surface area contributed by atoms with Gasteiger partial charge < -0.3 is 9.47 Å². The highest BCUT2D eigenvalue weighted by Gasteiger charge is 2.36. The van der Waals surface area contributed by atoms with Gasteiger partial charge in [0.1, 0.15) is 5.69 Å². The molecule has 0 aromatic carbocycles. The van der Waals surface area contributed by atoms with E-state index in [9.17, 15) is 13.6 Å². The van der Waals surface area contributed by atoms with Crippen molar-refractivity contribution in [1.29, 1.82) is 0 Å². The third kappa shape index (κ3) is 2.70. The number of carbonyl (C=O) groups is 1. The first kappa shape index (κ1) is 14.6. The Hall–Kier alpha value is -2.31. The second kappa shape index (κ2) is 5.47. The minimum absolute atomic E-state index is 0.0611. The number of hydrogen-bond donors (Lipinski definition) is 0. The number of alkyl halides is 2. The van der Waals surface area contributed by atoms with Gasteiger partial charge in [-0.15, -0.1) is 0 Å². The van der Waals surface area contributed by atoms with Gasteiger partial charge >= 0.3 is 0 Å². The Balaban J connectivity index is 1.90. The molecule has 1 aliphatic heterocycles. The number of hydrogen-bond acceptors (Lipinski definition) is 3. The second-order valence-electron chi connectivity index (χ2n) is 5.44. The normalized spacial score (nSPS) is 17.5. The lowest BCUT2D eigenvalue weighted by atomic mass is 10.0. The summed E-state index contributed by atoms with van der Waals surface area (Å²) in [6.45, 7) is 0.122. The van der Waals surface area contributed by atoms with Gasteiger partial charge in [0.25, 0.3) is 11.8 Å². The lowest BCUT2D eigenvalue weighted by Gasteiger charge is -2.32. The van der Waals surface area contributed by atoms with Gasteiger partial charge in [0.15, 0.2) is 0 Å². The number of halogens is 2. The third-order valence-electron chi connectivity index (χ3n) is 3.88. The van der Waals surface area contributed by atoms with E-state index in [1.807, 2.05) is 7.05 Å². The Morgan fingerprint density at radius 2 is 2.05 bits per heavy atom. The Morgan fingerprint density at radius 3 is 2.68 bits per heavy atom. The van der Waals surface area contributed by atoms with Gasteiger partial charge in [-0.05, 0) is 12.1 Å². The summed E-state index contributed by atoms with van der Waals surface area (Å²) in [5, 5.41) is 0. The second-order valence-corrected chi connectivity index (χ2v) is 5.44. The molecule has 0 aliphatic carbocycles. The molecule has 3 rings (SSSR count). The fourth-order valence-electron chi connectivity index (χ4n) is 2.57. The first-order valence-corrected chi connectivity index (χ1v) is 7.07. The zero-order chi connectivity index (χ0) is 15.7. The molecule has 5 nitrogen and oxygen atoms in total. The summed E-state index contributed by atoms with van der Waals surface area (Å²) in [5.74, 6) is -2.93. The van der Waals surface area contributed by atoms with E-state index >= 15 is 0 Å². The molecule has 0 N–H and O–H groups in total. The number of carbonyl (C=O) groups excluding carboxylic acids is 1. The van der Waals surface area contributed by atoms with Crippen molar-refractivity contribution in [1.82, 2.24) is 19.4 Å². The van der Waals surface area contributed by atoms with Crippen LogP contribution in [0.15, 0.2) is 30.9 Å². The molecule has 3 heterocycles. The minimum atomic E-state index is -2.67. The summed E-state index contributed by atoms with van der Waals surface area (Å²) in [7, 11) is 1.81. The molecular weight excluding hydrogens is 290 g/mol. The highest BCUT2D eigenvalue weighted by atomic mass is 19.3. The zero-order valence-corrected chi connectivity index (χ0v) is 12.2. The van der Waals surface area contributed by atoms with Crippen molar-refractivity contribution in [3.05, 3.63) is 36.4 Å². The Morgan fingerprint density at radius 1 is 1.32 bits per heavy atom. The molecule has 2 aromatic heterocycles. The van der Waals surface area contributed by atoms with Crippen LogP contribution in [-0.2, 0) is 7.05 Å². The minimum Gasteiger partial charge on any atom is -0.338 e. The molecule has 2 aromatic rings. The Kier molecular flexibility index (Phi) is 3.64. The average molecular weight is 306 g/mol. The number of amides is 1. The number of piperidine rings is 1. The number of aryl methyl sites for hydroxylation is 1. The Bertz CT molecular complexity index is 688. The van der Waals surface area contributed by atoms with Crippen LogP contribution >= 0.6 is 0 Å². The summed E-state index contributed by atoms with van der Waals surface area (Å²) in [6.07, 6.45) is 4.27. The van der Waals surface area contributed by atoms with Gasteiger partial charge in [-0.2, -0.15) is 0 Å². The Labute approximate surface area is 126 Å². The first-order chi connectivity index (χ1) is 10.5. The molecule has 1 amide bonds. The molecule has 116 valence electrons. The van der Waals surface area contributed by atoms with Crippen molar-refractivity contribution in [2.75, 3.05) is 13.1 Å². The maximum atomic E-state index is 13.2. The maximum absolute atomic E-state index is 13.2. The number of pyridine rings is 1. The van der Waals surface area contributed by atoms with Crippen molar-refractivity contribution < 1.29 is 13.6 Å². The summed E-state index contributed by atoms with van der Waals surface area (Å²) in [5.41, 5.74) is 1.65. The third-order valence-corrected chi connectivity index (χ3v) is 3.88. The van der Waals surface area contributed by atoms with Crippen LogP contribution in [0.5, 0.6) is 0 Å². The van der Waals surface area contributed by atoms with Gasteiger partial charge in [-0.3, -0.25) is 9.78 Å². The first-order valence-electron chi connectivity index (χ1n) is 7.07. The molecule has 0 bridgehead atoms. The summed E-state index contributed by atoms with van der Waals surface area (Å²) < 4.78 is 28.2. The summed E-state index contributed by atoms with van der Waals surface area (Å²) >= 11 is 0. The van der Waals surface area contributed by atoms with E-state index in [0.717, 1.165) is 0 Å². The monoisotopic (exact) mass is 306 g/mol. The summed E-state index contributed by atoms with van der Waals surface area (Å²) in [4.78, 5) is 22.4. The number of nitrogens with zero attached hydrogens (tertiary/aromatic N) is 4. The molecule has 1 aliphatic rings. The molecule has 0 spiro atoms. The molecule has 0 radical (unpaired) electrons. The van der Waals surface area contributed by atoms with Crippen LogP contribution in [0.1, 0.15) is 23.2 Å². The van der Waals surface area contributed by atoms with Crippen molar-refractivity contribution in [2.24, 2.45) is 7.05 Å². The van der Waals surface area contributed by atoms with Crippen molar-refractivity contribution in [3.63, 3.8) is 0 Å². The number of likely N-dealkylation sites (tertiary alicyclic amines) is 1. The largest absolute Gasteiger partial charge is 0.338 e. The molecule has 0 unspecified atom stereocenters. The molecule has 0 saturated carbocycles. The van der Waals surface area contributed by atoms with Crippen LogP contribution < -0.4 is 0 Å². The quantitative estimate of drug-likeness (QED) is 0.856. The maximum Gasteiger partial charge on any atom is 0.256 e. The van der Waals surface area contributed by atoms with Crippen LogP contribution in [0.2, 0.25) is 0 Å². The van der Waals surface area contributed by atoms with Crippen LogP contribution in [-0.4, -0.2) is 44.4 Å². The lowest BCUT2D eigenvalue weighted by molar-refractivity contribution is -0.0494. The predicted octanol–water partition coefficient (Wildman–Crippen LogP) is 2.35. The van der Waals surface area contributed by atoms with Gasteiger partial charge in [-0.1, -0.05) is 0 Å². The molecule has 22 heavy (non-hydrogen) atoms. The van der Waals surface area contributed by atoms with Gasteiger partial charge in [0, 0.05) is 39.2 Å². The van der Waals surface area contributed by atoms with Crippen LogP contribution in [0.25, 0.3) is 11.4 Å². The molecule has 0 atom stereocenters. The van der Waals surface area contributed by atoms with Crippen LogP contribution in [0.4, 0.5) is 8.78 Å². The number of rotatable bonds is 2. The van der Waals surface area contributed by atoms with Crippen molar-refractivity contribution in [2.45, 2.75) is 18.8 Å². The zero-order valence-electron chi connectivity index (χ0n) is 12.2. The van der Waals surface area contributed by atoms with Gasteiger partial charge in [-0.25, -0.2) is 13.8 Å². The highest BCUT2D eigenvalue weighted by Crippen LogP contribution is 2.29. The number of imidazole rings is 1. The highest BCUT2D eigenvalue weighted by molar-refractivity contribution is 5.99. The SMILES string of the molecule is Cn1cncc1-c1ncccc1C(=O)N1CCC(F)(F)CC1. The topological polar surface area (TPSA) is 51.0 Å². The average Bonchev–Trinajstić information content (AvgIpc) is 2.92. The molecule has 1 fully saturated rings. The lowest BCUT2D eigenvalue weighted by Crippen LogP contribution is -2.42. The fourth-order valence-corrected chi connectivity index (χ4v) is 2.57.